The Morgan fingerprint density at radius 1 is 1.50 bits per heavy atom. The first-order valence-corrected chi connectivity index (χ1v) is 5.29. The minimum Gasteiger partial charge on any atom is -0.461 e. The fourth-order valence-corrected chi connectivity index (χ4v) is 1.52. The zero-order chi connectivity index (χ0) is 12.0. The van der Waals surface area contributed by atoms with Crippen molar-refractivity contribution in [2.75, 3.05) is 26.2 Å². The van der Waals surface area contributed by atoms with Crippen LogP contribution in [-0.2, 0) is 14.3 Å². The Morgan fingerprint density at radius 2 is 2.12 bits per heavy atom. The van der Waals surface area contributed by atoms with Crippen molar-refractivity contribution in [3.8, 4) is 0 Å². The summed E-state index contributed by atoms with van der Waals surface area (Å²) in [5.41, 5.74) is -0.0174. The number of piperidine rings is 1. The third-order valence-electron chi connectivity index (χ3n) is 2.42. The van der Waals surface area contributed by atoms with Gasteiger partial charge in [0.05, 0.1) is 13.2 Å². The Kier molecular flexibility index (Phi) is 4.91. The van der Waals surface area contributed by atoms with Crippen LogP contribution < -0.4 is 0 Å². The number of Topliss-reactive ketones (excluding diaryl/α,β-unsaturated/α-hetero) is 1. The van der Waals surface area contributed by atoms with E-state index in [1.807, 2.05) is 4.90 Å². The van der Waals surface area contributed by atoms with Gasteiger partial charge in [0.15, 0.2) is 5.71 Å². The Morgan fingerprint density at radius 3 is 2.62 bits per heavy atom. The number of esters is 1. The lowest BCUT2D eigenvalue weighted by Gasteiger charge is -2.25. The first kappa shape index (κ1) is 12.6. The van der Waals surface area contributed by atoms with Crippen molar-refractivity contribution < 1.29 is 19.5 Å². The number of ether oxygens (including phenoxy) is 1. The number of carbonyl (C=O) groups is 2. The molecule has 6 heteroatoms. The molecule has 1 saturated heterocycles. The van der Waals surface area contributed by atoms with Crippen LogP contribution >= 0.6 is 0 Å². The molecule has 90 valence electrons. The van der Waals surface area contributed by atoms with Crippen LogP contribution in [0.3, 0.4) is 0 Å². The van der Waals surface area contributed by atoms with Gasteiger partial charge in [0, 0.05) is 25.9 Å². The van der Waals surface area contributed by atoms with Crippen molar-refractivity contribution >= 4 is 17.5 Å². The van der Waals surface area contributed by atoms with Crippen LogP contribution in [-0.4, -0.2) is 53.8 Å². The van der Waals surface area contributed by atoms with E-state index in [-0.39, 0.29) is 24.6 Å². The maximum absolute atomic E-state index is 11.3. The zero-order valence-corrected chi connectivity index (χ0v) is 9.31. The van der Waals surface area contributed by atoms with E-state index in [0.29, 0.717) is 25.9 Å². The number of hydrogen-bond donors (Lipinski definition) is 1. The Bertz CT molecular complexity index is 291. The number of oxime groups is 1. The third-order valence-corrected chi connectivity index (χ3v) is 2.42. The van der Waals surface area contributed by atoms with Gasteiger partial charge < -0.3 is 9.94 Å². The summed E-state index contributed by atoms with van der Waals surface area (Å²) < 4.78 is 4.73. The molecule has 1 aliphatic heterocycles. The van der Waals surface area contributed by atoms with E-state index in [4.69, 9.17) is 9.94 Å². The minimum absolute atomic E-state index is 0.0174. The molecule has 0 aromatic heterocycles. The Hall–Kier alpha value is -1.43. The van der Waals surface area contributed by atoms with E-state index >= 15 is 0 Å². The number of rotatable bonds is 4. The summed E-state index contributed by atoms with van der Waals surface area (Å²) in [6.07, 6.45) is 0.975. The molecule has 6 nitrogen and oxygen atoms in total. The molecule has 0 atom stereocenters. The molecule has 1 fully saturated rings. The van der Waals surface area contributed by atoms with E-state index in [2.05, 4.69) is 5.16 Å². The number of ketones is 1. The quantitative estimate of drug-likeness (QED) is 0.318. The lowest BCUT2D eigenvalue weighted by Crippen LogP contribution is -2.40. The van der Waals surface area contributed by atoms with Crippen LogP contribution in [0.25, 0.3) is 0 Å². The highest BCUT2D eigenvalue weighted by molar-refractivity contribution is 6.37. The van der Waals surface area contributed by atoms with Gasteiger partial charge in [0.2, 0.25) is 0 Å². The van der Waals surface area contributed by atoms with E-state index in [0.717, 1.165) is 0 Å². The van der Waals surface area contributed by atoms with E-state index in [1.165, 1.54) is 0 Å². The lowest BCUT2D eigenvalue weighted by atomic mass is 10.1. The van der Waals surface area contributed by atoms with Crippen molar-refractivity contribution in [2.24, 2.45) is 5.16 Å². The van der Waals surface area contributed by atoms with Gasteiger partial charge in [0.1, 0.15) is 5.78 Å². The topological polar surface area (TPSA) is 79.2 Å². The highest BCUT2D eigenvalue weighted by Crippen LogP contribution is 2.05. The van der Waals surface area contributed by atoms with Gasteiger partial charge in [-0.15, -0.1) is 0 Å². The van der Waals surface area contributed by atoms with Gasteiger partial charge in [-0.25, -0.2) is 4.79 Å². The summed E-state index contributed by atoms with van der Waals surface area (Å²) in [4.78, 5) is 24.2. The molecular formula is C10H16N2O4. The molecule has 1 aliphatic rings. The first-order chi connectivity index (χ1) is 7.67. The SMILES string of the molecule is CCOC(=O)C(CN1CCC(=O)CC1)=NO. The summed E-state index contributed by atoms with van der Waals surface area (Å²) >= 11 is 0. The monoisotopic (exact) mass is 228 g/mol. The fraction of sp³-hybridized carbons (Fsp3) is 0.700. The molecule has 1 N–H and O–H groups in total. The Labute approximate surface area is 93.9 Å². The molecule has 0 aromatic rings. The lowest BCUT2D eigenvalue weighted by molar-refractivity contribution is -0.135. The average Bonchev–Trinajstić information content (AvgIpc) is 2.28. The van der Waals surface area contributed by atoms with Crippen LogP contribution in [0.1, 0.15) is 19.8 Å². The molecule has 0 amide bonds. The van der Waals surface area contributed by atoms with Crippen molar-refractivity contribution in [3.05, 3.63) is 0 Å². The van der Waals surface area contributed by atoms with Gasteiger partial charge in [-0.3, -0.25) is 9.69 Å². The smallest absolute Gasteiger partial charge is 0.357 e. The number of hydrogen-bond acceptors (Lipinski definition) is 6. The normalized spacial score (nSPS) is 18.6. The molecule has 0 spiro atoms. The van der Waals surface area contributed by atoms with Crippen LogP contribution in [0, 0.1) is 0 Å². The van der Waals surface area contributed by atoms with Crippen LogP contribution in [0.15, 0.2) is 5.16 Å². The highest BCUT2D eigenvalue weighted by Gasteiger charge is 2.21. The van der Waals surface area contributed by atoms with Gasteiger partial charge >= 0.3 is 5.97 Å². The van der Waals surface area contributed by atoms with E-state index < -0.39 is 5.97 Å². The van der Waals surface area contributed by atoms with Crippen LogP contribution in [0.2, 0.25) is 0 Å². The van der Waals surface area contributed by atoms with E-state index in [9.17, 15) is 9.59 Å². The maximum atomic E-state index is 11.3. The highest BCUT2D eigenvalue weighted by atomic mass is 16.5. The minimum atomic E-state index is -0.609. The average molecular weight is 228 g/mol. The number of carbonyl (C=O) groups excluding carboxylic acids is 2. The summed E-state index contributed by atoms with van der Waals surface area (Å²) in [6.45, 7) is 3.35. The van der Waals surface area contributed by atoms with Crippen molar-refractivity contribution in [3.63, 3.8) is 0 Å². The molecule has 1 rings (SSSR count). The van der Waals surface area contributed by atoms with Crippen molar-refractivity contribution in [2.45, 2.75) is 19.8 Å². The van der Waals surface area contributed by atoms with Gasteiger partial charge in [-0.05, 0) is 6.92 Å². The fourth-order valence-electron chi connectivity index (χ4n) is 1.52. The molecule has 0 radical (unpaired) electrons. The second-order valence-corrected chi connectivity index (χ2v) is 3.58. The summed E-state index contributed by atoms with van der Waals surface area (Å²) in [5, 5.41) is 11.6. The summed E-state index contributed by atoms with van der Waals surface area (Å²) in [7, 11) is 0. The number of likely N-dealkylation sites (tertiary alicyclic amines) is 1. The third kappa shape index (κ3) is 3.62. The van der Waals surface area contributed by atoms with Gasteiger partial charge in [-0.1, -0.05) is 5.16 Å². The largest absolute Gasteiger partial charge is 0.461 e. The second-order valence-electron chi connectivity index (χ2n) is 3.58. The molecule has 0 aromatic carbocycles. The van der Waals surface area contributed by atoms with Gasteiger partial charge in [0.25, 0.3) is 0 Å². The molecule has 0 unspecified atom stereocenters. The number of nitrogens with zero attached hydrogens (tertiary/aromatic N) is 2. The molecule has 1 heterocycles. The standard InChI is InChI=1S/C10H16N2O4/c1-2-16-10(14)9(11-15)7-12-5-3-8(13)4-6-12/h15H,2-7H2,1H3. The van der Waals surface area contributed by atoms with Crippen LogP contribution in [0.4, 0.5) is 0 Å². The first-order valence-electron chi connectivity index (χ1n) is 5.29. The molecule has 16 heavy (non-hydrogen) atoms. The molecule has 0 saturated carbocycles. The predicted molar refractivity (Wildman–Crippen MR) is 56.5 cm³/mol. The summed E-state index contributed by atoms with van der Waals surface area (Å²) in [5.74, 6) is -0.378. The van der Waals surface area contributed by atoms with Gasteiger partial charge in [-0.2, -0.15) is 0 Å². The zero-order valence-electron chi connectivity index (χ0n) is 9.31. The maximum Gasteiger partial charge on any atom is 0.357 e. The Balaban J connectivity index is 2.45. The second kappa shape index (κ2) is 6.22. The van der Waals surface area contributed by atoms with Crippen molar-refractivity contribution in [1.82, 2.24) is 4.90 Å². The molecule has 0 aliphatic carbocycles. The molecule has 0 bridgehead atoms. The van der Waals surface area contributed by atoms with Crippen molar-refractivity contribution in [1.29, 1.82) is 0 Å². The molecular weight excluding hydrogens is 212 g/mol. The summed E-state index contributed by atoms with van der Waals surface area (Å²) in [6, 6.07) is 0. The van der Waals surface area contributed by atoms with Crippen LogP contribution in [0.5, 0.6) is 0 Å². The predicted octanol–water partition coefficient (Wildman–Crippen LogP) is 0.0446. The van der Waals surface area contributed by atoms with E-state index in [1.54, 1.807) is 6.92 Å².